The van der Waals surface area contributed by atoms with Gasteiger partial charge in [-0.25, -0.2) is 5.84 Å². The van der Waals surface area contributed by atoms with Crippen LogP contribution in [0.2, 0.25) is 0 Å². The average Bonchev–Trinajstić information content (AvgIpc) is 2.98. The fourth-order valence-corrected chi connectivity index (χ4v) is 2.41. The number of rotatable bonds is 5. The number of hydrogen-bond donors (Lipinski definition) is 2. The Labute approximate surface area is 107 Å². The second-order valence-electron chi connectivity index (χ2n) is 4.86. The summed E-state index contributed by atoms with van der Waals surface area (Å²) < 4.78 is 11.0. The molecule has 1 aromatic heterocycles. The van der Waals surface area contributed by atoms with Crippen molar-refractivity contribution in [1.29, 1.82) is 0 Å². The molecule has 0 aromatic carbocycles. The molecule has 0 unspecified atom stereocenters. The number of nitrogens with two attached hydrogens (primary N) is 1. The second-order valence-corrected chi connectivity index (χ2v) is 4.86. The fourth-order valence-electron chi connectivity index (χ4n) is 2.41. The summed E-state index contributed by atoms with van der Waals surface area (Å²) in [5, 5.41) is 0. The first-order valence-corrected chi connectivity index (χ1v) is 6.38. The van der Waals surface area contributed by atoms with E-state index in [9.17, 15) is 4.79 Å². The predicted molar refractivity (Wildman–Crippen MR) is 66.7 cm³/mol. The van der Waals surface area contributed by atoms with Crippen LogP contribution >= 0.6 is 0 Å². The number of carbonyl (C=O) groups is 1. The lowest BCUT2D eigenvalue weighted by atomic mass is 10.1. The van der Waals surface area contributed by atoms with Gasteiger partial charge in [-0.1, -0.05) is 12.8 Å². The molecule has 1 saturated carbocycles. The first kappa shape index (κ1) is 13.1. The molecule has 0 aliphatic heterocycles. The fraction of sp³-hybridized carbons (Fsp3) is 0.615. The van der Waals surface area contributed by atoms with Crippen molar-refractivity contribution < 1.29 is 13.9 Å². The van der Waals surface area contributed by atoms with Crippen LogP contribution in [0.1, 0.15) is 47.6 Å². The van der Waals surface area contributed by atoms with E-state index in [4.69, 9.17) is 15.0 Å². The zero-order valence-electron chi connectivity index (χ0n) is 10.7. The lowest BCUT2D eigenvalue weighted by Gasteiger charge is -2.08. The molecule has 1 fully saturated rings. The van der Waals surface area contributed by atoms with E-state index in [1.165, 1.54) is 25.7 Å². The van der Waals surface area contributed by atoms with E-state index in [0.29, 0.717) is 18.3 Å². The van der Waals surface area contributed by atoms with E-state index in [2.05, 4.69) is 5.43 Å². The van der Waals surface area contributed by atoms with Crippen molar-refractivity contribution in [3.05, 3.63) is 23.2 Å². The number of amides is 1. The van der Waals surface area contributed by atoms with Gasteiger partial charge >= 0.3 is 5.91 Å². The minimum absolute atomic E-state index is 0.261. The van der Waals surface area contributed by atoms with Crippen LogP contribution in [0.15, 0.2) is 10.5 Å². The largest absolute Gasteiger partial charge is 0.453 e. The summed E-state index contributed by atoms with van der Waals surface area (Å²) >= 11 is 0. The van der Waals surface area contributed by atoms with E-state index in [0.717, 1.165) is 12.2 Å². The van der Waals surface area contributed by atoms with Gasteiger partial charge in [-0.3, -0.25) is 10.2 Å². The number of carbonyl (C=O) groups excluding carboxylic acids is 1. The van der Waals surface area contributed by atoms with Gasteiger partial charge in [0.15, 0.2) is 5.76 Å². The van der Waals surface area contributed by atoms with Gasteiger partial charge in [-0.2, -0.15) is 0 Å². The highest BCUT2D eigenvalue weighted by molar-refractivity contribution is 5.92. The number of aryl methyl sites for hydroxylation is 1. The maximum atomic E-state index is 11.4. The van der Waals surface area contributed by atoms with E-state index in [1.807, 2.05) is 13.0 Å². The first-order chi connectivity index (χ1) is 8.70. The zero-order valence-corrected chi connectivity index (χ0v) is 10.7. The van der Waals surface area contributed by atoms with E-state index in [-0.39, 0.29) is 5.76 Å². The molecular weight excluding hydrogens is 232 g/mol. The van der Waals surface area contributed by atoms with E-state index < -0.39 is 5.91 Å². The smallest absolute Gasteiger partial charge is 0.301 e. The zero-order chi connectivity index (χ0) is 13.0. The molecule has 0 bridgehead atoms. The number of nitrogen functional groups attached to an aromatic ring is 1. The van der Waals surface area contributed by atoms with Gasteiger partial charge in [0.25, 0.3) is 0 Å². The van der Waals surface area contributed by atoms with Crippen molar-refractivity contribution in [2.45, 2.75) is 39.2 Å². The number of furan rings is 1. The average molecular weight is 252 g/mol. The normalized spacial score (nSPS) is 16.1. The maximum Gasteiger partial charge on any atom is 0.301 e. The number of hydrogen-bond acceptors (Lipinski definition) is 4. The molecule has 2 rings (SSSR count). The Bertz CT molecular complexity index is 408. The molecule has 100 valence electrons. The number of hydrazine groups is 1. The molecule has 5 nitrogen and oxygen atoms in total. The summed E-state index contributed by atoms with van der Waals surface area (Å²) in [6.07, 6.45) is 5.15. The molecule has 1 aromatic rings. The van der Waals surface area contributed by atoms with Gasteiger partial charge in [0, 0.05) is 12.2 Å². The van der Waals surface area contributed by atoms with E-state index in [1.54, 1.807) is 0 Å². The molecule has 3 N–H and O–H groups in total. The van der Waals surface area contributed by atoms with Crippen molar-refractivity contribution in [3.8, 4) is 0 Å². The first-order valence-electron chi connectivity index (χ1n) is 6.38. The molecule has 1 heterocycles. The van der Waals surface area contributed by atoms with Crippen LogP contribution < -0.4 is 11.3 Å². The van der Waals surface area contributed by atoms with Gasteiger partial charge in [-0.05, 0) is 31.7 Å². The Kier molecular flexibility index (Phi) is 4.38. The summed E-state index contributed by atoms with van der Waals surface area (Å²) in [6.45, 7) is 3.00. The highest BCUT2D eigenvalue weighted by Gasteiger charge is 2.17. The molecule has 0 saturated heterocycles. The highest BCUT2D eigenvalue weighted by Crippen LogP contribution is 2.25. The topological polar surface area (TPSA) is 77.5 Å². The van der Waals surface area contributed by atoms with Crippen molar-refractivity contribution in [2.75, 3.05) is 6.61 Å². The molecule has 0 atom stereocenters. The third kappa shape index (κ3) is 3.11. The number of ether oxygens (including phenoxy) is 1. The summed E-state index contributed by atoms with van der Waals surface area (Å²) in [5.41, 5.74) is 2.84. The summed E-state index contributed by atoms with van der Waals surface area (Å²) in [7, 11) is 0. The van der Waals surface area contributed by atoms with Crippen molar-refractivity contribution in [3.63, 3.8) is 0 Å². The lowest BCUT2D eigenvalue weighted by Crippen LogP contribution is -2.30. The van der Waals surface area contributed by atoms with Crippen molar-refractivity contribution >= 4 is 5.91 Å². The van der Waals surface area contributed by atoms with Gasteiger partial charge in [0.05, 0.1) is 0 Å². The van der Waals surface area contributed by atoms with Crippen LogP contribution in [0.3, 0.4) is 0 Å². The number of nitrogens with one attached hydrogen (secondary N) is 1. The minimum atomic E-state index is -0.408. The molecule has 1 aliphatic carbocycles. The summed E-state index contributed by atoms with van der Waals surface area (Å²) in [4.78, 5) is 11.4. The minimum Gasteiger partial charge on any atom is -0.453 e. The Morgan fingerprint density at radius 3 is 2.94 bits per heavy atom. The molecule has 18 heavy (non-hydrogen) atoms. The molecule has 1 amide bonds. The van der Waals surface area contributed by atoms with Crippen LogP contribution in [0.25, 0.3) is 0 Å². The van der Waals surface area contributed by atoms with Gasteiger partial charge in [0.1, 0.15) is 12.4 Å². The Morgan fingerprint density at radius 1 is 1.56 bits per heavy atom. The molecule has 5 heteroatoms. The van der Waals surface area contributed by atoms with Crippen molar-refractivity contribution in [1.82, 2.24) is 5.43 Å². The summed E-state index contributed by atoms with van der Waals surface area (Å²) in [5.74, 6) is 6.29. The third-order valence-electron chi connectivity index (χ3n) is 3.38. The Morgan fingerprint density at radius 2 is 2.28 bits per heavy atom. The predicted octanol–water partition coefficient (Wildman–Crippen LogP) is 1.90. The third-order valence-corrected chi connectivity index (χ3v) is 3.38. The lowest BCUT2D eigenvalue weighted by molar-refractivity contribution is 0.0747. The molecular formula is C13H20N2O3. The van der Waals surface area contributed by atoms with Crippen LogP contribution in [-0.2, 0) is 11.3 Å². The van der Waals surface area contributed by atoms with E-state index >= 15 is 0 Å². The SMILES string of the molecule is Cc1cc(COCC2CCCC2)oc1C(=O)NN. The van der Waals surface area contributed by atoms with Crippen LogP contribution in [0.5, 0.6) is 0 Å². The van der Waals surface area contributed by atoms with Crippen LogP contribution in [0.4, 0.5) is 0 Å². The van der Waals surface area contributed by atoms with Gasteiger partial charge in [-0.15, -0.1) is 0 Å². The Balaban J connectivity index is 1.83. The molecule has 0 radical (unpaired) electrons. The van der Waals surface area contributed by atoms with Crippen LogP contribution in [0, 0.1) is 12.8 Å². The second kappa shape index (κ2) is 6.02. The van der Waals surface area contributed by atoms with Crippen LogP contribution in [-0.4, -0.2) is 12.5 Å². The highest BCUT2D eigenvalue weighted by atomic mass is 16.5. The maximum absolute atomic E-state index is 11.4. The standard InChI is InChI=1S/C13H20N2O3/c1-9-6-11(18-12(9)13(16)15-14)8-17-7-10-4-2-3-5-10/h6,10H,2-5,7-8,14H2,1H3,(H,15,16). The van der Waals surface area contributed by atoms with Gasteiger partial charge in [0.2, 0.25) is 0 Å². The summed E-state index contributed by atoms with van der Waals surface area (Å²) in [6, 6.07) is 1.82. The molecule has 1 aliphatic rings. The quantitative estimate of drug-likeness (QED) is 0.476. The monoisotopic (exact) mass is 252 g/mol. The van der Waals surface area contributed by atoms with Gasteiger partial charge < -0.3 is 9.15 Å². The Hall–Kier alpha value is -1.33. The van der Waals surface area contributed by atoms with Crippen molar-refractivity contribution in [2.24, 2.45) is 11.8 Å². The molecule has 0 spiro atoms.